The number of hydrogen-bond donors (Lipinski definition) is 1. The van der Waals surface area contributed by atoms with Crippen molar-refractivity contribution in [1.82, 2.24) is 0 Å². The Morgan fingerprint density at radius 3 is 1.75 bits per heavy atom. The average molecular weight is 263 g/mol. The number of rotatable bonds is 0. The molecule has 0 unspecified atom stereocenters. The molecule has 0 aliphatic carbocycles. The Balaban J connectivity index is 0. The topological polar surface area (TPSA) is 39.7 Å². The first-order chi connectivity index (χ1) is 1.41. The number of nitrogens with two attached hydrogens (primary N) is 1. The van der Waals surface area contributed by atoms with Gasteiger partial charge in [0, 0.05) is 21.1 Å². The van der Waals surface area contributed by atoms with Crippen molar-refractivity contribution in [3.05, 3.63) is 5.21 Å². The normalized spacial score (nSPS) is 4.50. The molecule has 0 bridgehead atoms. The van der Waals surface area contributed by atoms with Crippen molar-refractivity contribution in [2.24, 2.45) is 0 Å². The Hall–Kier alpha value is 0.898. The van der Waals surface area contributed by atoms with E-state index in [1.807, 2.05) is 0 Å². The maximum Gasteiger partial charge on any atom is 0.162 e. The maximum absolute atomic E-state index is 8.57. The van der Waals surface area contributed by atoms with Gasteiger partial charge in [0.05, 0.1) is 0 Å². The minimum Gasteiger partial charge on any atom is -0.616 e. The smallest absolute Gasteiger partial charge is 0.162 e. The molecule has 0 spiro atoms. The van der Waals surface area contributed by atoms with Crippen LogP contribution in [0.3, 0.4) is 0 Å². The molecule has 0 rings (SSSR count). The van der Waals surface area contributed by atoms with Crippen LogP contribution in [0.2, 0.25) is 0 Å². The molecule has 0 aromatic carbocycles. The van der Waals surface area contributed by atoms with Gasteiger partial charge in [0.1, 0.15) is 0 Å². The van der Waals surface area contributed by atoms with Gasteiger partial charge in [0.25, 0.3) is 0 Å². The summed E-state index contributed by atoms with van der Waals surface area (Å²) in [4.78, 5) is 0.222. The summed E-state index contributed by atoms with van der Waals surface area (Å²) >= 11 is 4.32. The third-order valence-electron chi connectivity index (χ3n) is 0. The first-order valence-electron chi connectivity index (χ1n) is 0.454. The van der Waals surface area contributed by atoms with E-state index < -0.39 is 0 Å². The van der Waals surface area contributed by atoms with Crippen LogP contribution >= 0.6 is 11.8 Å². The Kier molecular flexibility index (Phi) is 20.1. The molecule has 30 valence electrons. The summed E-state index contributed by atoms with van der Waals surface area (Å²) < 4.78 is 0. The first kappa shape index (κ1) is 8.86. The fraction of sp³-hybridized carbons (Fsp3) is 0. The largest absolute Gasteiger partial charge is 0.616 e. The Bertz CT molecular complexity index is 8.00. The van der Waals surface area contributed by atoms with Crippen LogP contribution in [0.1, 0.15) is 0 Å². The minimum absolute atomic E-state index is 0. The third-order valence-corrected chi connectivity index (χ3v) is 0. The molecule has 0 aromatic rings. The zero-order chi connectivity index (χ0) is 2.71. The van der Waals surface area contributed by atoms with Gasteiger partial charge in [-0.05, 0) is 0 Å². The van der Waals surface area contributed by atoms with Crippen molar-refractivity contribution in [2.75, 3.05) is 0 Å². The predicted molar refractivity (Wildman–Crippen MR) is 11.1 cm³/mol. The average Bonchev–Trinajstić information content (AvgIpc) is 0.918. The van der Waals surface area contributed by atoms with Gasteiger partial charge in [0.2, 0.25) is 0 Å². The molecule has 0 saturated carbocycles. The summed E-state index contributed by atoms with van der Waals surface area (Å²) in [5, 5.41) is 8.57. The summed E-state index contributed by atoms with van der Waals surface area (Å²) in [6, 6.07) is 0. The van der Waals surface area contributed by atoms with Crippen LogP contribution in [0.4, 0.5) is 0 Å². The van der Waals surface area contributed by atoms with E-state index in [9.17, 15) is 0 Å². The van der Waals surface area contributed by atoms with Gasteiger partial charge < -0.3 is 5.21 Å². The first-order valence-corrected chi connectivity index (χ1v) is 0.890. The van der Waals surface area contributed by atoms with Gasteiger partial charge in [-0.2, -0.15) is 0 Å². The molecule has 0 aromatic heterocycles. The van der Waals surface area contributed by atoms with E-state index in [1.54, 1.807) is 0 Å². The van der Waals surface area contributed by atoms with E-state index in [-0.39, 0.29) is 26.1 Å². The SMILES string of the molecule is [O-][NH2+]Cl.[Pt]. The number of hydrogen-bond acceptors (Lipinski definition) is 1. The Morgan fingerprint density at radius 2 is 1.75 bits per heavy atom. The van der Waals surface area contributed by atoms with Crippen LogP contribution in [0.5, 0.6) is 0 Å². The van der Waals surface area contributed by atoms with Crippen molar-refractivity contribution >= 4 is 11.8 Å². The summed E-state index contributed by atoms with van der Waals surface area (Å²) in [5.41, 5.74) is 0. The van der Waals surface area contributed by atoms with Crippen molar-refractivity contribution in [3.8, 4) is 0 Å². The quantitative estimate of drug-likeness (QED) is 0.451. The van der Waals surface area contributed by atoms with Gasteiger partial charge in [-0.15, -0.1) is 0 Å². The van der Waals surface area contributed by atoms with Crippen molar-refractivity contribution in [1.29, 1.82) is 0 Å². The van der Waals surface area contributed by atoms with Gasteiger partial charge in [-0.1, -0.05) is 0 Å². The van der Waals surface area contributed by atoms with Crippen molar-refractivity contribution in [3.63, 3.8) is 0 Å². The monoisotopic (exact) mass is 262 g/mol. The van der Waals surface area contributed by atoms with Crippen LogP contribution in [-0.2, 0) is 21.1 Å². The van der Waals surface area contributed by atoms with E-state index in [2.05, 4.69) is 11.8 Å². The van der Waals surface area contributed by atoms with Gasteiger partial charge in [-0.25, -0.2) is 0 Å². The molecule has 0 amide bonds. The van der Waals surface area contributed by atoms with Crippen LogP contribution in [0, 0.1) is 5.21 Å². The van der Waals surface area contributed by atoms with Crippen LogP contribution in [0.15, 0.2) is 0 Å². The second kappa shape index (κ2) is 9.09. The van der Waals surface area contributed by atoms with E-state index in [1.165, 1.54) is 0 Å². The number of quaternary nitrogens is 1. The predicted octanol–water partition coefficient (Wildman–Crippen LogP) is -0.801. The van der Waals surface area contributed by atoms with E-state index in [0.29, 0.717) is 0 Å². The maximum atomic E-state index is 8.57. The van der Waals surface area contributed by atoms with E-state index in [4.69, 9.17) is 5.21 Å². The Labute approximate surface area is 43.5 Å². The molecule has 2 N–H and O–H groups in total. The summed E-state index contributed by atoms with van der Waals surface area (Å²) in [6.45, 7) is 0. The molecule has 2 nitrogen and oxygen atoms in total. The van der Waals surface area contributed by atoms with Crippen LogP contribution < -0.4 is 5.00 Å². The zero-order valence-corrected chi connectivity index (χ0v) is 4.71. The molecule has 0 fully saturated rings. The second-order valence-corrected chi connectivity index (χ2v) is 0.267. The summed E-state index contributed by atoms with van der Waals surface area (Å²) in [7, 11) is 0. The molecular weight excluding hydrogens is 261 g/mol. The molecule has 0 aliphatic heterocycles. The molecule has 0 atom stereocenters. The molecule has 4 heteroatoms. The standard InChI is InChI=1S/ClH2NO.Pt/c1-2-3;/h2H2;. The van der Waals surface area contributed by atoms with Gasteiger partial charge in [-0.3, -0.25) is 5.00 Å². The second-order valence-electron chi connectivity index (χ2n) is 0.0891. The molecule has 0 aliphatic rings. The van der Waals surface area contributed by atoms with Crippen LogP contribution in [0.25, 0.3) is 0 Å². The molecular formula is H2ClNOPt. The molecule has 0 saturated heterocycles. The van der Waals surface area contributed by atoms with Crippen LogP contribution in [-0.4, -0.2) is 0 Å². The molecule has 0 radical (unpaired) electrons. The summed E-state index contributed by atoms with van der Waals surface area (Å²) in [6.07, 6.45) is 0. The fourth-order valence-electron chi connectivity index (χ4n) is 0. The number of halogens is 1. The van der Waals surface area contributed by atoms with E-state index in [0.717, 1.165) is 0 Å². The minimum atomic E-state index is 0. The van der Waals surface area contributed by atoms with Gasteiger partial charge in [0.15, 0.2) is 11.8 Å². The molecule has 4 heavy (non-hydrogen) atoms. The van der Waals surface area contributed by atoms with Crippen molar-refractivity contribution in [2.45, 2.75) is 0 Å². The van der Waals surface area contributed by atoms with Crippen molar-refractivity contribution < 1.29 is 26.1 Å². The van der Waals surface area contributed by atoms with Gasteiger partial charge >= 0.3 is 0 Å². The zero-order valence-electron chi connectivity index (χ0n) is 1.68. The third kappa shape index (κ3) is 12.9. The van der Waals surface area contributed by atoms with E-state index >= 15 is 0 Å². The summed E-state index contributed by atoms with van der Waals surface area (Å²) in [5.74, 6) is 0. The molecule has 0 heterocycles. The Morgan fingerprint density at radius 1 is 1.75 bits per heavy atom. The fourth-order valence-corrected chi connectivity index (χ4v) is 0.